The van der Waals surface area contributed by atoms with E-state index in [1.807, 2.05) is 0 Å². The normalized spacial score (nSPS) is 25.9. The van der Waals surface area contributed by atoms with Crippen LogP contribution in [0.2, 0.25) is 0 Å². The first-order chi connectivity index (χ1) is 7.95. The van der Waals surface area contributed by atoms with Crippen LogP contribution in [0.15, 0.2) is 0 Å². The van der Waals surface area contributed by atoms with E-state index in [-0.39, 0.29) is 0 Å². The van der Waals surface area contributed by atoms with Crippen LogP contribution in [-0.4, -0.2) is 39.0 Å². The van der Waals surface area contributed by atoms with Crippen LogP contribution in [0.5, 0.6) is 0 Å². The maximum Gasteiger partial charge on any atom is 0.0700 e. The summed E-state index contributed by atoms with van der Waals surface area (Å²) in [7, 11) is 0. The Morgan fingerprint density at radius 2 is 2.06 bits per heavy atom. The monoisotopic (exact) mass is 227 g/mol. The van der Waals surface area contributed by atoms with E-state index in [1.54, 1.807) is 0 Å². The molecule has 1 saturated carbocycles. The molecule has 0 radical (unpaired) electrons. The van der Waals surface area contributed by atoms with Crippen molar-refractivity contribution in [1.82, 2.24) is 5.32 Å². The Kier molecular flexibility index (Phi) is 5.59. The van der Waals surface area contributed by atoms with Gasteiger partial charge in [0.05, 0.1) is 12.7 Å². The van der Waals surface area contributed by atoms with Crippen molar-refractivity contribution in [3.05, 3.63) is 0 Å². The van der Waals surface area contributed by atoms with Gasteiger partial charge in [0.1, 0.15) is 0 Å². The Morgan fingerprint density at radius 1 is 1.12 bits per heavy atom. The van der Waals surface area contributed by atoms with Crippen LogP contribution in [0, 0.1) is 5.92 Å². The summed E-state index contributed by atoms with van der Waals surface area (Å²) in [5.74, 6) is 0.972. The van der Waals surface area contributed by atoms with Gasteiger partial charge in [-0.05, 0) is 25.2 Å². The molecule has 16 heavy (non-hydrogen) atoms. The quantitative estimate of drug-likeness (QED) is 0.643. The highest BCUT2D eigenvalue weighted by Crippen LogP contribution is 2.28. The van der Waals surface area contributed by atoms with E-state index in [9.17, 15) is 0 Å². The highest BCUT2D eigenvalue weighted by molar-refractivity contribution is 4.69. The van der Waals surface area contributed by atoms with E-state index in [0.29, 0.717) is 6.10 Å². The molecular formula is C13H25NO2. The average Bonchev–Trinajstić information content (AvgIpc) is 2.72. The third kappa shape index (κ3) is 4.40. The van der Waals surface area contributed by atoms with E-state index in [4.69, 9.17) is 9.47 Å². The molecule has 0 bridgehead atoms. The molecule has 0 aromatic heterocycles. The second-order valence-corrected chi connectivity index (χ2v) is 5.04. The van der Waals surface area contributed by atoms with E-state index >= 15 is 0 Å². The van der Waals surface area contributed by atoms with Crippen LogP contribution in [0.1, 0.15) is 38.5 Å². The second kappa shape index (κ2) is 7.25. The predicted octanol–water partition coefficient (Wildman–Crippen LogP) is 1.96. The summed E-state index contributed by atoms with van der Waals surface area (Å²) in [6, 6.07) is 0. The third-order valence-corrected chi connectivity index (χ3v) is 3.71. The van der Waals surface area contributed by atoms with Gasteiger partial charge in [-0.25, -0.2) is 0 Å². The van der Waals surface area contributed by atoms with E-state index in [1.165, 1.54) is 38.5 Å². The van der Waals surface area contributed by atoms with E-state index < -0.39 is 0 Å². The molecule has 0 spiro atoms. The van der Waals surface area contributed by atoms with Crippen molar-refractivity contribution >= 4 is 0 Å². The Morgan fingerprint density at radius 3 is 2.75 bits per heavy atom. The second-order valence-electron chi connectivity index (χ2n) is 5.04. The first-order valence-electron chi connectivity index (χ1n) is 6.85. The lowest BCUT2D eigenvalue weighted by molar-refractivity contribution is 0.0941. The Labute approximate surface area is 98.9 Å². The Bertz CT molecular complexity index is 177. The van der Waals surface area contributed by atoms with Crippen molar-refractivity contribution in [3.8, 4) is 0 Å². The molecule has 0 amide bonds. The van der Waals surface area contributed by atoms with Crippen LogP contribution >= 0.6 is 0 Å². The molecule has 2 rings (SSSR count). The molecule has 2 aliphatic rings. The van der Waals surface area contributed by atoms with E-state index in [2.05, 4.69) is 5.32 Å². The SMILES string of the molecule is C1CC(CCOCCNCC2CCCO2)C1. The number of hydrogen-bond acceptors (Lipinski definition) is 3. The summed E-state index contributed by atoms with van der Waals surface area (Å²) in [6.07, 6.45) is 8.47. The molecular weight excluding hydrogens is 202 g/mol. The minimum atomic E-state index is 0.454. The molecule has 94 valence electrons. The lowest BCUT2D eigenvalue weighted by atomic mass is 9.83. The molecule has 1 N–H and O–H groups in total. The summed E-state index contributed by atoms with van der Waals surface area (Å²) in [6.45, 7) is 4.70. The standard InChI is InChI=1S/C13H25NO2/c1-3-12(4-1)6-9-15-10-7-14-11-13-5-2-8-16-13/h12-14H,1-11H2. The van der Waals surface area contributed by atoms with Crippen LogP contribution in [0.3, 0.4) is 0 Å². The highest BCUT2D eigenvalue weighted by Gasteiger charge is 2.16. The molecule has 3 heteroatoms. The molecule has 2 fully saturated rings. The minimum absolute atomic E-state index is 0.454. The van der Waals surface area contributed by atoms with Gasteiger partial charge in [-0.1, -0.05) is 19.3 Å². The zero-order valence-corrected chi connectivity index (χ0v) is 10.2. The number of ether oxygens (including phenoxy) is 2. The Hall–Kier alpha value is -0.120. The molecule has 3 nitrogen and oxygen atoms in total. The fourth-order valence-electron chi connectivity index (χ4n) is 2.35. The number of rotatable bonds is 8. The van der Waals surface area contributed by atoms with Gasteiger partial charge in [0, 0.05) is 26.3 Å². The van der Waals surface area contributed by atoms with Gasteiger partial charge < -0.3 is 14.8 Å². The zero-order chi connectivity index (χ0) is 11.1. The molecule has 1 heterocycles. The highest BCUT2D eigenvalue weighted by atomic mass is 16.5. The van der Waals surface area contributed by atoms with Gasteiger partial charge in [0.25, 0.3) is 0 Å². The first-order valence-corrected chi connectivity index (χ1v) is 6.85. The topological polar surface area (TPSA) is 30.5 Å². The lowest BCUT2D eigenvalue weighted by Gasteiger charge is -2.24. The number of hydrogen-bond donors (Lipinski definition) is 1. The van der Waals surface area contributed by atoms with Crippen LogP contribution in [-0.2, 0) is 9.47 Å². The molecule has 1 unspecified atom stereocenters. The van der Waals surface area contributed by atoms with Crippen LogP contribution in [0.4, 0.5) is 0 Å². The van der Waals surface area contributed by atoms with Gasteiger partial charge in [-0.3, -0.25) is 0 Å². The number of nitrogens with one attached hydrogen (secondary N) is 1. The van der Waals surface area contributed by atoms with Crippen molar-refractivity contribution < 1.29 is 9.47 Å². The first kappa shape index (κ1) is 12.3. The minimum Gasteiger partial charge on any atom is -0.380 e. The van der Waals surface area contributed by atoms with Crippen molar-refractivity contribution in [1.29, 1.82) is 0 Å². The smallest absolute Gasteiger partial charge is 0.0700 e. The predicted molar refractivity (Wildman–Crippen MR) is 64.6 cm³/mol. The summed E-state index contributed by atoms with van der Waals surface area (Å²) in [5, 5.41) is 3.39. The maximum absolute atomic E-state index is 5.60. The zero-order valence-electron chi connectivity index (χ0n) is 10.2. The summed E-state index contributed by atoms with van der Waals surface area (Å²) in [5.41, 5.74) is 0. The van der Waals surface area contributed by atoms with Crippen molar-refractivity contribution in [2.24, 2.45) is 5.92 Å². The van der Waals surface area contributed by atoms with Crippen LogP contribution < -0.4 is 5.32 Å². The molecule has 1 aliphatic heterocycles. The van der Waals surface area contributed by atoms with Crippen molar-refractivity contribution in [3.63, 3.8) is 0 Å². The fourth-order valence-corrected chi connectivity index (χ4v) is 2.35. The largest absolute Gasteiger partial charge is 0.380 e. The summed E-state index contributed by atoms with van der Waals surface area (Å²) in [4.78, 5) is 0. The van der Waals surface area contributed by atoms with Crippen molar-refractivity contribution in [2.45, 2.75) is 44.6 Å². The molecule has 0 aromatic rings. The van der Waals surface area contributed by atoms with Gasteiger partial charge in [-0.15, -0.1) is 0 Å². The maximum atomic E-state index is 5.60. The average molecular weight is 227 g/mol. The van der Waals surface area contributed by atoms with Crippen LogP contribution in [0.25, 0.3) is 0 Å². The lowest BCUT2D eigenvalue weighted by Crippen LogP contribution is -2.29. The van der Waals surface area contributed by atoms with Crippen molar-refractivity contribution in [2.75, 3.05) is 32.9 Å². The molecule has 0 aromatic carbocycles. The molecule has 1 saturated heterocycles. The summed E-state index contributed by atoms with van der Waals surface area (Å²) < 4.78 is 11.1. The Balaban J connectivity index is 1.32. The van der Waals surface area contributed by atoms with Gasteiger partial charge in [0.2, 0.25) is 0 Å². The van der Waals surface area contributed by atoms with Gasteiger partial charge in [-0.2, -0.15) is 0 Å². The van der Waals surface area contributed by atoms with E-state index in [0.717, 1.165) is 38.8 Å². The molecule has 1 aliphatic carbocycles. The molecule has 1 atom stereocenters. The summed E-state index contributed by atoms with van der Waals surface area (Å²) >= 11 is 0. The van der Waals surface area contributed by atoms with Gasteiger partial charge >= 0.3 is 0 Å². The fraction of sp³-hybridized carbons (Fsp3) is 1.00. The third-order valence-electron chi connectivity index (χ3n) is 3.71. The van der Waals surface area contributed by atoms with Gasteiger partial charge in [0.15, 0.2) is 0 Å².